The first-order valence-electron chi connectivity index (χ1n) is 12.5. The summed E-state index contributed by atoms with van der Waals surface area (Å²) in [5, 5.41) is 7.36. The molecule has 0 bridgehead atoms. The lowest BCUT2D eigenvalue weighted by Gasteiger charge is -2.37. The quantitative estimate of drug-likeness (QED) is 0.778. The van der Waals surface area contributed by atoms with Gasteiger partial charge in [0.05, 0.1) is 24.0 Å². The summed E-state index contributed by atoms with van der Waals surface area (Å²) in [6, 6.07) is 8.87. The van der Waals surface area contributed by atoms with Crippen LogP contribution in [0.1, 0.15) is 72.1 Å². The summed E-state index contributed by atoms with van der Waals surface area (Å²) < 4.78 is 0. The number of piperidine rings is 2. The molecular weight excluding hydrogens is 414 g/mol. The molecule has 5 rings (SSSR count). The highest BCUT2D eigenvalue weighted by atomic mass is 16.2. The second kappa shape index (κ2) is 9.67. The van der Waals surface area contributed by atoms with Crippen LogP contribution in [-0.2, 0) is 17.8 Å². The molecule has 1 aromatic carbocycles. The van der Waals surface area contributed by atoms with E-state index in [-0.39, 0.29) is 17.7 Å². The molecule has 0 spiro atoms. The molecule has 176 valence electrons. The highest BCUT2D eigenvalue weighted by molar-refractivity contribution is 5.95. The first-order valence-corrected chi connectivity index (χ1v) is 12.5. The Morgan fingerprint density at radius 1 is 1.00 bits per heavy atom. The highest BCUT2D eigenvalue weighted by Gasteiger charge is 2.31. The van der Waals surface area contributed by atoms with Crippen LogP contribution in [-0.4, -0.2) is 75.5 Å². The zero-order valence-corrected chi connectivity index (χ0v) is 19.6. The van der Waals surface area contributed by atoms with Crippen molar-refractivity contribution in [3.05, 3.63) is 52.8 Å². The Labute approximate surface area is 196 Å². The number of carbonyl (C=O) groups excluding carboxylic acids is 2. The summed E-state index contributed by atoms with van der Waals surface area (Å²) in [6.07, 6.45) is 7.97. The van der Waals surface area contributed by atoms with Gasteiger partial charge in [0.25, 0.3) is 5.91 Å². The molecule has 1 unspecified atom stereocenters. The van der Waals surface area contributed by atoms with Crippen molar-refractivity contribution in [2.75, 3.05) is 32.7 Å². The SMILES string of the molecule is CC1CCCCN1CC(=O)N1CCC(c2[nH]ncc2C(=O)N2CCc3ccccc3C2)CC1. The van der Waals surface area contributed by atoms with Gasteiger partial charge >= 0.3 is 0 Å². The Morgan fingerprint density at radius 2 is 1.79 bits per heavy atom. The van der Waals surface area contributed by atoms with Gasteiger partial charge < -0.3 is 9.80 Å². The molecule has 1 N–H and O–H groups in total. The lowest BCUT2D eigenvalue weighted by atomic mass is 9.90. The molecule has 7 nitrogen and oxygen atoms in total. The summed E-state index contributed by atoms with van der Waals surface area (Å²) in [4.78, 5) is 32.5. The average molecular weight is 450 g/mol. The average Bonchev–Trinajstić information content (AvgIpc) is 3.35. The Kier molecular flexibility index (Phi) is 6.49. The fraction of sp³-hybridized carbons (Fsp3) is 0.577. The number of hydrogen-bond acceptors (Lipinski definition) is 4. The number of nitrogens with zero attached hydrogens (tertiary/aromatic N) is 4. The van der Waals surface area contributed by atoms with Gasteiger partial charge in [0.15, 0.2) is 0 Å². The Bertz CT molecular complexity index is 994. The second-order valence-electron chi connectivity index (χ2n) is 9.91. The van der Waals surface area contributed by atoms with E-state index in [1.807, 2.05) is 15.9 Å². The van der Waals surface area contributed by atoms with Crippen LogP contribution in [0.5, 0.6) is 0 Å². The van der Waals surface area contributed by atoms with Gasteiger partial charge in [-0.25, -0.2) is 0 Å². The van der Waals surface area contributed by atoms with Gasteiger partial charge in [-0.2, -0.15) is 5.10 Å². The third-order valence-electron chi connectivity index (χ3n) is 7.85. The number of amides is 2. The van der Waals surface area contributed by atoms with Crippen LogP contribution in [0.15, 0.2) is 30.5 Å². The van der Waals surface area contributed by atoms with Crippen molar-refractivity contribution >= 4 is 11.8 Å². The molecular formula is C26H35N5O2. The molecule has 7 heteroatoms. The lowest BCUT2D eigenvalue weighted by Crippen LogP contribution is -2.47. The lowest BCUT2D eigenvalue weighted by molar-refractivity contribution is -0.134. The molecule has 3 aliphatic heterocycles. The van der Waals surface area contributed by atoms with Gasteiger partial charge in [-0.15, -0.1) is 0 Å². The smallest absolute Gasteiger partial charge is 0.257 e. The molecule has 2 amide bonds. The van der Waals surface area contributed by atoms with E-state index in [0.717, 1.165) is 51.1 Å². The van der Waals surface area contributed by atoms with Crippen molar-refractivity contribution in [1.29, 1.82) is 0 Å². The number of H-pyrrole nitrogens is 1. The largest absolute Gasteiger partial charge is 0.342 e. The van der Waals surface area contributed by atoms with Crippen LogP contribution >= 0.6 is 0 Å². The zero-order valence-electron chi connectivity index (χ0n) is 19.6. The van der Waals surface area contributed by atoms with Crippen molar-refractivity contribution in [3.8, 4) is 0 Å². The van der Waals surface area contributed by atoms with E-state index >= 15 is 0 Å². The molecule has 2 fully saturated rings. The second-order valence-corrected chi connectivity index (χ2v) is 9.91. The van der Waals surface area contributed by atoms with Crippen molar-refractivity contribution in [2.24, 2.45) is 0 Å². The molecule has 0 aliphatic carbocycles. The topological polar surface area (TPSA) is 72.5 Å². The summed E-state index contributed by atoms with van der Waals surface area (Å²) in [6.45, 7) is 6.69. The number of carbonyl (C=O) groups is 2. The van der Waals surface area contributed by atoms with Crippen LogP contribution in [0, 0.1) is 0 Å². The fourth-order valence-corrected chi connectivity index (χ4v) is 5.70. The maximum absolute atomic E-state index is 13.4. The van der Waals surface area contributed by atoms with E-state index in [1.54, 1.807) is 6.20 Å². The van der Waals surface area contributed by atoms with E-state index in [9.17, 15) is 9.59 Å². The Hall–Kier alpha value is -2.67. The molecule has 0 radical (unpaired) electrons. The number of aromatic nitrogens is 2. The van der Waals surface area contributed by atoms with Gasteiger partial charge in [-0.05, 0) is 56.7 Å². The minimum Gasteiger partial charge on any atom is -0.342 e. The van der Waals surface area contributed by atoms with Crippen LogP contribution in [0.3, 0.4) is 0 Å². The molecule has 0 saturated carbocycles. The molecule has 3 aliphatic rings. The molecule has 2 saturated heterocycles. The maximum Gasteiger partial charge on any atom is 0.257 e. The number of hydrogen-bond donors (Lipinski definition) is 1. The summed E-state index contributed by atoms with van der Waals surface area (Å²) in [5.41, 5.74) is 4.21. The summed E-state index contributed by atoms with van der Waals surface area (Å²) in [7, 11) is 0. The van der Waals surface area contributed by atoms with E-state index < -0.39 is 0 Å². The number of likely N-dealkylation sites (tertiary alicyclic amines) is 2. The van der Waals surface area contributed by atoms with Gasteiger partial charge in [-0.3, -0.25) is 19.6 Å². The third kappa shape index (κ3) is 4.69. The van der Waals surface area contributed by atoms with Gasteiger partial charge in [0, 0.05) is 38.1 Å². The van der Waals surface area contributed by atoms with Crippen molar-refractivity contribution < 1.29 is 9.59 Å². The number of benzene rings is 1. The fourth-order valence-electron chi connectivity index (χ4n) is 5.70. The van der Waals surface area contributed by atoms with E-state index in [2.05, 4.69) is 40.2 Å². The van der Waals surface area contributed by atoms with Crippen molar-refractivity contribution in [1.82, 2.24) is 24.9 Å². The number of aromatic amines is 1. The Balaban J connectivity index is 1.19. The van der Waals surface area contributed by atoms with E-state index in [4.69, 9.17) is 0 Å². The van der Waals surface area contributed by atoms with Crippen molar-refractivity contribution in [2.45, 2.75) is 64.0 Å². The van der Waals surface area contributed by atoms with Crippen molar-refractivity contribution in [3.63, 3.8) is 0 Å². The monoisotopic (exact) mass is 449 g/mol. The first kappa shape index (κ1) is 22.1. The Morgan fingerprint density at radius 3 is 2.58 bits per heavy atom. The van der Waals surface area contributed by atoms with Crippen LogP contribution in [0.25, 0.3) is 0 Å². The van der Waals surface area contributed by atoms with Gasteiger partial charge in [0.1, 0.15) is 0 Å². The van der Waals surface area contributed by atoms with E-state index in [1.165, 1.54) is 30.4 Å². The molecule has 2 aromatic rings. The van der Waals surface area contributed by atoms with Crippen LogP contribution in [0.2, 0.25) is 0 Å². The summed E-state index contributed by atoms with van der Waals surface area (Å²) >= 11 is 0. The minimum atomic E-state index is 0.0610. The highest BCUT2D eigenvalue weighted by Crippen LogP contribution is 2.31. The zero-order chi connectivity index (χ0) is 22.8. The predicted octanol–water partition coefficient (Wildman–Crippen LogP) is 3.19. The minimum absolute atomic E-state index is 0.0610. The normalized spacial score (nSPS) is 22.3. The maximum atomic E-state index is 13.4. The number of nitrogens with one attached hydrogen (secondary N) is 1. The van der Waals surface area contributed by atoms with Gasteiger partial charge in [-0.1, -0.05) is 30.7 Å². The molecule has 1 atom stereocenters. The molecule has 33 heavy (non-hydrogen) atoms. The standard InChI is InChI=1S/C26H35N5O2/c1-19-6-4-5-12-30(19)18-24(32)29-13-10-21(11-14-29)25-23(16-27-28-25)26(33)31-15-9-20-7-2-3-8-22(20)17-31/h2-3,7-8,16,19,21H,4-6,9-15,17-18H2,1H3,(H,27,28). The van der Waals surface area contributed by atoms with Gasteiger partial charge in [0.2, 0.25) is 5.91 Å². The van der Waals surface area contributed by atoms with E-state index in [0.29, 0.717) is 24.7 Å². The molecule has 1 aromatic heterocycles. The van der Waals surface area contributed by atoms with Crippen LogP contribution < -0.4 is 0 Å². The number of rotatable bonds is 4. The molecule has 4 heterocycles. The third-order valence-corrected chi connectivity index (χ3v) is 7.85. The first-order chi connectivity index (χ1) is 16.1. The summed E-state index contributed by atoms with van der Waals surface area (Å²) in [5.74, 6) is 0.544. The predicted molar refractivity (Wildman–Crippen MR) is 127 cm³/mol. The number of fused-ring (bicyclic) bond motifs is 1. The van der Waals surface area contributed by atoms with Crippen LogP contribution in [0.4, 0.5) is 0 Å².